The van der Waals surface area contributed by atoms with E-state index < -0.39 is 0 Å². The molecule has 2 heterocycles. The first-order valence-electron chi connectivity index (χ1n) is 6.99. The third-order valence-corrected chi connectivity index (χ3v) is 4.15. The van der Waals surface area contributed by atoms with Crippen molar-refractivity contribution in [2.45, 2.75) is 25.3 Å². The van der Waals surface area contributed by atoms with Gasteiger partial charge in [0.25, 0.3) is 0 Å². The van der Waals surface area contributed by atoms with Crippen LogP contribution >= 0.6 is 0 Å². The Morgan fingerprint density at radius 2 is 2.17 bits per heavy atom. The Balaban J connectivity index is 1.80. The molecule has 0 aliphatic carbocycles. The van der Waals surface area contributed by atoms with Crippen LogP contribution in [-0.2, 0) is 6.42 Å². The standard InChI is InChI=1S/C15H22N2O/c1-18-13-5-4-12-6-7-16-15(14(12)10-13)11-17-8-2-3-9-17/h4-5,10,15-16H,2-3,6-9,11H2,1H3. The van der Waals surface area contributed by atoms with Crippen LogP contribution in [0.25, 0.3) is 0 Å². The van der Waals surface area contributed by atoms with E-state index in [2.05, 4.69) is 28.4 Å². The van der Waals surface area contributed by atoms with Gasteiger partial charge in [-0.25, -0.2) is 0 Å². The van der Waals surface area contributed by atoms with Gasteiger partial charge in [0.15, 0.2) is 0 Å². The van der Waals surface area contributed by atoms with Crippen molar-refractivity contribution in [1.29, 1.82) is 0 Å². The molecule has 0 saturated carbocycles. The molecule has 0 bridgehead atoms. The summed E-state index contributed by atoms with van der Waals surface area (Å²) < 4.78 is 5.36. The zero-order valence-electron chi connectivity index (χ0n) is 11.1. The van der Waals surface area contributed by atoms with Gasteiger partial charge in [-0.3, -0.25) is 0 Å². The fourth-order valence-corrected chi connectivity index (χ4v) is 3.13. The van der Waals surface area contributed by atoms with Crippen molar-refractivity contribution in [2.24, 2.45) is 0 Å². The number of hydrogen-bond acceptors (Lipinski definition) is 3. The van der Waals surface area contributed by atoms with Crippen molar-refractivity contribution in [3.8, 4) is 5.75 Å². The molecule has 98 valence electrons. The number of nitrogens with zero attached hydrogens (tertiary/aromatic N) is 1. The van der Waals surface area contributed by atoms with Crippen LogP contribution in [0.4, 0.5) is 0 Å². The summed E-state index contributed by atoms with van der Waals surface area (Å²) in [6, 6.07) is 6.99. The second-order valence-electron chi connectivity index (χ2n) is 5.33. The topological polar surface area (TPSA) is 24.5 Å². The summed E-state index contributed by atoms with van der Waals surface area (Å²) in [5, 5.41) is 3.66. The summed E-state index contributed by atoms with van der Waals surface area (Å²) in [5.74, 6) is 0.976. The van der Waals surface area contributed by atoms with E-state index in [4.69, 9.17) is 4.74 Å². The van der Waals surface area contributed by atoms with Gasteiger partial charge < -0.3 is 15.0 Å². The van der Waals surface area contributed by atoms with Gasteiger partial charge in [0.2, 0.25) is 0 Å². The SMILES string of the molecule is COc1ccc2c(c1)C(CN1CCCC1)NCC2. The molecular formula is C15H22N2O. The first kappa shape index (κ1) is 12.0. The number of fused-ring (bicyclic) bond motifs is 1. The minimum absolute atomic E-state index is 0.474. The zero-order valence-corrected chi connectivity index (χ0v) is 11.1. The molecule has 1 atom stereocenters. The highest BCUT2D eigenvalue weighted by atomic mass is 16.5. The van der Waals surface area contributed by atoms with Gasteiger partial charge in [0.05, 0.1) is 7.11 Å². The molecular weight excluding hydrogens is 224 g/mol. The molecule has 1 aromatic carbocycles. The average molecular weight is 246 g/mol. The van der Waals surface area contributed by atoms with Crippen LogP contribution < -0.4 is 10.1 Å². The van der Waals surface area contributed by atoms with Crippen LogP contribution in [0.15, 0.2) is 18.2 Å². The van der Waals surface area contributed by atoms with Gasteiger partial charge in [-0.1, -0.05) is 6.07 Å². The van der Waals surface area contributed by atoms with Gasteiger partial charge in [-0.05, 0) is 62.2 Å². The molecule has 1 aromatic rings. The molecule has 2 aliphatic heterocycles. The van der Waals surface area contributed by atoms with Crippen molar-refractivity contribution < 1.29 is 4.74 Å². The first-order valence-corrected chi connectivity index (χ1v) is 6.99. The molecule has 2 aliphatic rings. The van der Waals surface area contributed by atoms with Crippen molar-refractivity contribution in [3.63, 3.8) is 0 Å². The largest absolute Gasteiger partial charge is 0.497 e. The monoisotopic (exact) mass is 246 g/mol. The Labute approximate surface area is 109 Å². The van der Waals surface area contributed by atoms with Crippen LogP contribution in [0.3, 0.4) is 0 Å². The summed E-state index contributed by atoms with van der Waals surface area (Å²) in [7, 11) is 1.74. The Kier molecular flexibility index (Phi) is 3.52. The summed E-state index contributed by atoms with van der Waals surface area (Å²) in [5.41, 5.74) is 2.92. The lowest BCUT2D eigenvalue weighted by Gasteiger charge is -2.30. The average Bonchev–Trinajstić information content (AvgIpc) is 2.91. The Morgan fingerprint density at radius 1 is 1.33 bits per heavy atom. The number of rotatable bonds is 3. The highest BCUT2D eigenvalue weighted by Gasteiger charge is 2.23. The summed E-state index contributed by atoms with van der Waals surface area (Å²) in [6.45, 7) is 4.76. The molecule has 3 nitrogen and oxygen atoms in total. The van der Waals surface area contributed by atoms with E-state index in [1.807, 2.05) is 0 Å². The summed E-state index contributed by atoms with van der Waals surface area (Å²) in [4.78, 5) is 2.58. The lowest BCUT2D eigenvalue weighted by Crippen LogP contribution is -2.38. The second kappa shape index (κ2) is 5.29. The maximum atomic E-state index is 5.36. The van der Waals surface area contributed by atoms with Gasteiger partial charge in [-0.15, -0.1) is 0 Å². The highest BCUT2D eigenvalue weighted by molar-refractivity contribution is 5.39. The van der Waals surface area contributed by atoms with Crippen molar-refractivity contribution >= 4 is 0 Å². The molecule has 1 N–H and O–H groups in total. The van der Waals surface area contributed by atoms with Crippen molar-refractivity contribution in [1.82, 2.24) is 10.2 Å². The van der Waals surface area contributed by atoms with Gasteiger partial charge >= 0.3 is 0 Å². The molecule has 1 fully saturated rings. The van der Waals surface area contributed by atoms with Crippen LogP contribution in [0.2, 0.25) is 0 Å². The molecule has 3 heteroatoms. The fourth-order valence-electron chi connectivity index (χ4n) is 3.13. The molecule has 0 amide bonds. The van der Waals surface area contributed by atoms with E-state index in [1.54, 1.807) is 7.11 Å². The summed E-state index contributed by atoms with van der Waals surface area (Å²) >= 11 is 0. The van der Waals surface area contributed by atoms with E-state index >= 15 is 0 Å². The highest BCUT2D eigenvalue weighted by Crippen LogP contribution is 2.28. The number of methoxy groups -OCH3 is 1. The van der Waals surface area contributed by atoms with Gasteiger partial charge in [-0.2, -0.15) is 0 Å². The Hall–Kier alpha value is -1.06. The number of nitrogens with one attached hydrogen (secondary N) is 1. The molecule has 0 radical (unpaired) electrons. The third-order valence-electron chi connectivity index (χ3n) is 4.15. The third kappa shape index (κ3) is 2.38. The first-order chi connectivity index (χ1) is 8.86. The minimum atomic E-state index is 0.474. The van der Waals surface area contributed by atoms with E-state index in [0.29, 0.717) is 6.04 Å². The van der Waals surface area contributed by atoms with Crippen molar-refractivity contribution in [3.05, 3.63) is 29.3 Å². The number of likely N-dealkylation sites (tertiary alicyclic amines) is 1. The zero-order chi connectivity index (χ0) is 12.4. The molecule has 1 saturated heterocycles. The number of benzene rings is 1. The lowest BCUT2D eigenvalue weighted by atomic mass is 9.93. The minimum Gasteiger partial charge on any atom is -0.497 e. The summed E-state index contributed by atoms with van der Waals surface area (Å²) in [6.07, 6.45) is 3.85. The number of hydrogen-bond donors (Lipinski definition) is 1. The number of ether oxygens (including phenoxy) is 1. The van der Waals surface area contributed by atoms with E-state index in [-0.39, 0.29) is 0 Å². The van der Waals surface area contributed by atoms with E-state index in [1.165, 1.54) is 37.1 Å². The Morgan fingerprint density at radius 3 is 2.94 bits per heavy atom. The van der Waals surface area contributed by atoms with Crippen LogP contribution in [0, 0.1) is 0 Å². The predicted molar refractivity (Wildman–Crippen MR) is 73.1 cm³/mol. The predicted octanol–water partition coefficient (Wildman–Crippen LogP) is 1.98. The lowest BCUT2D eigenvalue weighted by molar-refractivity contribution is 0.287. The molecule has 1 unspecified atom stereocenters. The van der Waals surface area contributed by atoms with Crippen molar-refractivity contribution in [2.75, 3.05) is 33.3 Å². The quantitative estimate of drug-likeness (QED) is 0.882. The fraction of sp³-hybridized carbons (Fsp3) is 0.600. The second-order valence-corrected chi connectivity index (χ2v) is 5.33. The van der Waals surface area contributed by atoms with Gasteiger partial charge in [0, 0.05) is 12.6 Å². The molecule has 0 aromatic heterocycles. The van der Waals surface area contributed by atoms with E-state index in [0.717, 1.165) is 25.3 Å². The molecule has 3 rings (SSSR count). The maximum Gasteiger partial charge on any atom is 0.119 e. The normalized spacial score (nSPS) is 23.9. The van der Waals surface area contributed by atoms with Gasteiger partial charge in [0.1, 0.15) is 5.75 Å². The van der Waals surface area contributed by atoms with Crippen LogP contribution in [0.1, 0.15) is 30.0 Å². The molecule has 18 heavy (non-hydrogen) atoms. The van der Waals surface area contributed by atoms with Crippen LogP contribution in [-0.4, -0.2) is 38.2 Å². The maximum absolute atomic E-state index is 5.36. The Bertz CT molecular complexity index is 413. The smallest absolute Gasteiger partial charge is 0.119 e. The molecule has 0 spiro atoms. The van der Waals surface area contributed by atoms with E-state index in [9.17, 15) is 0 Å². The van der Waals surface area contributed by atoms with Crippen LogP contribution in [0.5, 0.6) is 5.75 Å².